The molecule has 0 saturated carbocycles. The van der Waals surface area contributed by atoms with E-state index in [9.17, 15) is 13.2 Å². The van der Waals surface area contributed by atoms with Crippen molar-refractivity contribution in [3.05, 3.63) is 59.2 Å². The van der Waals surface area contributed by atoms with Crippen molar-refractivity contribution in [2.45, 2.75) is 38.8 Å². The van der Waals surface area contributed by atoms with Crippen LogP contribution in [0.2, 0.25) is 0 Å². The lowest BCUT2D eigenvalue weighted by molar-refractivity contribution is -0.118. The summed E-state index contributed by atoms with van der Waals surface area (Å²) in [6.07, 6.45) is 1.21. The number of benzene rings is 2. The largest absolute Gasteiger partial charge is 0.352 e. The molecule has 3 N–H and O–H groups in total. The topological polar surface area (TPSA) is 99.7 Å². The van der Waals surface area contributed by atoms with E-state index >= 15 is 0 Å². The van der Waals surface area contributed by atoms with Gasteiger partial charge in [0.15, 0.2) is 15.8 Å². The Balaban J connectivity index is 0.00000480. The van der Waals surface area contributed by atoms with Crippen molar-refractivity contribution in [3.8, 4) is 0 Å². The maximum atomic E-state index is 11.8. The van der Waals surface area contributed by atoms with E-state index < -0.39 is 9.84 Å². The molecule has 0 aliphatic rings. The van der Waals surface area contributed by atoms with Crippen LogP contribution in [-0.2, 0) is 27.7 Å². The lowest BCUT2D eigenvalue weighted by Gasteiger charge is -2.13. The number of sulfone groups is 1. The molecule has 2 rings (SSSR count). The molecule has 7 nitrogen and oxygen atoms in total. The van der Waals surface area contributed by atoms with Crippen molar-refractivity contribution >= 4 is 51.4 Å². The van der Waals surface area contributed by atoms with Crippen molar-refractivity contribution in [1.29, 1.82) is 0 Å². The van der Waals surface area contributed by atoms with Gasteiger partial charge in [-0.05, 0) is 41.8 Å². The second-order valence-corrected chi connectivity index (χ2v) is 9.48. The van der Waals surface area contributed by atoms with Crippen LogP contribution in [0.5, 0.6) is 0 Å². The zero-order valence-corrected chi connectivity index (χ0v) is 21.7. The molecule has 2 aromatic rings. The minimum Gasteiger partial charge on any atom is -0.352 e. The van der Waals surface area contributed by atoms with Gasteiger partial charge in [0.2, 0.25) is 5.91 Å². The number of carbonyl (C=O) groups excluding carboxylic acids is 1. The molecule has 170 valence electrons. The SMILES string of the molecule is CN=C(NCc1ccc(NC(=O)C(C)C)cc1)NCc1ccc(S(C)(=O)=O)c(C)c1.I. The first-order valence-electron chi connectivity index (χ1n) is 9.74. The van der Waals surface area contributed by atoms with Gasteiger partial charge >= 0.3 is 0 Å². The highest BCUT2D eigenvalue weighted by atomic mass is 127. The van der Waals surface area contributed by atoms with Gasteiger partial charge in [0.1, 0.15) is 0 Å². The van der Waals surface area contributed by atoms with Gasteiger partial charge in [0, 0.05) is 38.0 Å². The van der Waals surface area contributed by atoms with Gasteiger partial charge in [-0.3, -0.25) is 9.79 Å². The van der Waals surface area contributed by atoms with Crippen LogP contribution >= 0.6 is 24.0 Å². The van der Waals surface area contributed by atoms with Crippen LogP contribution in [0.1, 0.15) is 30.5 Å². The molecule has 0 spiro atoms. The van der Waals surface area contributed by atoms with Gasteiger partial charge in [0.05, 0.1) is 4.90 Å². The highest BCUT2D eigenvalue weighted by Crippen LogP contribution is 2.16. The van der Waals surface area contributed by atoms with E-state index in [0.29, 0.717) is 23.9 Å². The molecule has 0 fully saturated rings. The number of aryl methyl sites for hydroxylation is 1. The van der Waals surface area contributed by atoms with E-state index in [1.165, 1.54) is 6.26 Å². The van der Waals surface area contributed by atoms with Gasteiger partial charge in [-0.1, -0.05) is 38.1 Å². The first kappa shape index (κ1) is 26.9. The molecule has 0 saturated heterocycles. The van der Waals surface area contributed by atoms with Crippen molar-refractivity contribution in [2.24, 2.45) is 10.9 Å². The summed E-state index contributed by atoms with van der Waals surface area (Å²) in [7, 11) is -1.53. The number of hydrogen-bond acceptors (Lipinski definition) is 4. The Labute approximate surface area is 202 Å². The Kier molecular flexibility index (Phi) is 10.4. The summed E-state index contributed by atoms with van der Waals surface area (Å²) in [5.41, 5.74) is 3.51. The van der Waals surface area contributed by atoms with Crippen LogP contribution in [0.4, 0.5) is 5.69 Å². The molecule has 0 radical (unpaired) electrons. The second-order valence-electron chi connectivity index (χ2n) is 7.49. The summed E-state index contributed by atoms with van der Waals surface area (Å²) in [5.74, 6) is 0.564. The zero-order valence-electron chi connectivity index (χ0n) is 18.5. The molecule has 9 heteroatoms. The maximum Gasteiger partial charge on any atom is 0.226 e. The Morgan fingerprint density at radius 1 is 1.00 bits per heavy atom. The molecule has 0 unspecified atom stereocenters. The van der Waals surface area contributed by atoms with Gasteiger partial charge in [-0.25, -0.2) is 8.42 Å². The molecular weight excluding hydrogens is 527 g/mol. The van der Waals surface area contributed by atoms with Gasteiger partial charge in [-0.2, -0.15) is 0 Å². The fourth-order valence-corrected chi connectivity index (χ4v) is 3.78. The first-order chi connectivity index (χ1) is 14.1. The number of nitrogens with one attached hydrogen (secondary N) is 3. The smallest absolute Gasteiger partial charge is 0.226 e. The van der Waals surface area contributed by atoms with Crippen molar-refractivity contribution in [1.82, 2.24) is 10.6 Å². The van der Waals surface area contributed by atoms with E-state index in [0.717, 1.165) is 22.4 Å². The van der Waals surface area contributed by atoms with Crippen LogP contribution in [0.15, 0.2) is 52.4 Å². The third-order valence-electron chi connectivity index (χ3n) is 4.53. The maximum absolute atomic E-state index is 11.8. The summed E-state index contributed by atoms with van der Waals surface area (Å²) in [4.78, 5) is 16.3. The molecule has 0 heterocycles. The summed E-state index contributed by atoms with van der Waals surface area (Å²) < 4.78 is 23.5. The lowest BCUT2D eigenvalue weighted by Crippen LogP contribution is -2.36. The molecule has 31 heavy (non-hydrogen) atoms. The van der Waals surface area contributed by atoms with Crippen molar-refractivity contribution in [2.75, 3.05) is 18.6 Å². The predicted octanol–water partition coefficient (Wildman–Crippen LogP) is 3.48. The Morgan fingerprint density at radius 3 is 2.03 bits per heavy atom. The third-order valence-corrected chi connectivity index (χ3v) is 5.79. The Hall–Kier alpha value is -2.14. The van der Waals surface area contributed by atoms with Crippen molar-refractivity contribution < 1.29 is 13.2 Å². The number of aliphatic imine (C=N–C) groups is 1. The van der Waals surface area contributed by atoms with E-state index in [1.54, 1.807) is 26.1 Å². The number of amides is 1. The molecule has 0 aliphatic carbocycles. The first-order valence-corrected chi connectivity index (χ1v) is 11.6. The fraction of sp³-hybridized carbons (Fsp3) is 0.364. The minimum atomic E-state index is -3.22. The second kappa shape index (κ2) is 12.0. The third kappa shape index (κ3) is 8.48. The van der Waals surface area contributed by atoms with Crippen molar-refractivity contribution in [3.63, 3.8) is 0 Å². The number of anilines is 1. The lowest BCUT2D eigenvalue weighted by atomic mass is 10.1. The highest BCUT2D eigenvalue weighted by Gasteiger charge is 2.11. The average Bonchev–Trinajstić information content (AvgIpc) is 2.68. The quantitative estimate of drug-likeness (QED) is 0.275. The number of hydrogen-bond donors (Lipinski definition) is 3. The molecule has 0 atom stereocenters. The number of guanidine groups is 1. The molecular formula is C22H31IN4O3S. The van der Waals surface area contributed by atoms with E-state index in [4.69, 9.17) is 0 Å². The van der Waals surface area contributed by atoms with Crippen LogP contribution in [-0.4, -0.2) is 33.6 Å². The van der Waals surface area contributed by atoms with E-state index in [2.05, 4.69) is 20.9 Å². The number of halogens is 1. The van der Waals surface area contributed by atoms with E-state index in [1.807, 2.05) is 44.2 Å². The number of rotatable bonds is 7. The predicted molar refractivity (Wildman–Crippen MR) is 137 cm³/mol. The van der Waals surface area contributed by atoms with Gasteiger partial charge in [-0.15, -0.1) is 24.0 Å². The van der Waals surface area contributed by atoms with Gasteiger partial charge < -0.3 is 16.0 Å². The minimum absolute atomic E-state index is 0. The number of carbonyl (C=O) groups is 1. The summed E-state index contributed by atoms with van der Waals surface area (Å²) >= 11 is 0. The Morgan fingerprint density at radius 2 is 1.55 bits per heavy atom. The molecule has 0 aromatic heterocycles. The average molecular weight is 558 g/mol. The molecule has 2 aromatic carbocycles. The van der Waals surface area contributed by atoms with E-state index in [-0.39, 0.29) is 35.8 Å². The Bertz CT molecular complexity index is 1020. The van der Waals surface area contributed by atoms with Crippen LogP contribution in [0.3, 0.4) is 0 Å². The number of nitrogens with zero attached hydrogens (tertiary/aromatic N) is 1. The summed E-state index contributed by atoms with van der Waals surface area (Å²) in [5, 5.41) is 9.33. The normalized spacial score (nSPS) is 11.6. The zero-order chi connectivity index (χ0) is 22.3. The molecule has 1 amide bonds. The highest BCUT2D eigenvalue weighted by molar-refractivity contribution is 14.0. The molecule has 0 bridgehead atoms. The molecule has 0 aliphatic heterocycles. The van der Waals surface area contributed by atoms with Gasteiger partial charge in [0.25, 0.3) is 0 Å². The monoisotopic (exact) mass is 558 g/mol. The van der Waals surface area contributed by atoms with Crippen LogP contribution in [0.25, 0.3) is 0 Å². The summed E-state index contributed by atoms with van der Waals surface area (Å²) in [6, 6.07) is 12.9. The fourth-order valence-electron chi connectivity index (χ4n) is 2.82. The summed E-state index contributed by atoms with van der Waals surface area (Å²) in [6.45, 7) is 6.59. The van der Waals surface area contributed by atoms with Crippen LogP contribution in [0, 0.1) is 12.8 Å². The standard InChI is InChI=1S/C22H30N4O3S.HI/c1-15(2)21(27)26-19-9-6-17(7-10-19)13-24-22(23-4)25-14-18-8-11-20(16(3)12-18)30(5,28)29;/h6-12,15H,13-14H2,1-5H3,(H,26,27)(H2,23,24,25);1H. The van der Waals surface area contributed by atoms with Crippen LogP contribution < -0.4 is 16.0 Å².